The van der Waals surface area contributed by atoms with Crippen LogP contribution in [0, 0.1) is 11.3 Å². The number of hydrogen-bond acceptors (Lipinski definition) is 4. The lowest BCUT2D eigenvalue weighted by Crippen LogP contribution is -2.20. The van der Waals surface area contributed by atoms with Gasteiger partial charge in [0.15, 0.2) is 0 Å². The highest BCUT2D eigenvalue weighted by Gasteiger charge is 2.09. The van der Waals surface area contributed by atoms with Crippen LogP contribution in [0.4, 0.5) is 0 Å². The summed E-state index contributed by atoms with van der Waals surface area (Å²) in [5, 5.41) is 8.66. The summed E-state index contributed by atoms with van der Waals surface area (Å²) in [5.74, 6) is -0.626. The number of pyridine rings is 1. The highest BCUT2D eigenvalue weighted by atomic mass is 16.5. The van der Waals surface area contributed by atoms with Gasteiger partial charge in [0.2, 0.25) is 0 Å². The van der Waals surface area contributed by atoms with Gasteiger partial charge in [0.1, 0.15) is 11.8 Å². The summed E-state index contributed by atoms with van der Waals surface area (Å²) in [5.41, 5.74) is -0.200. The van der Waals surface area contributed by atoms with Gasteiger partial charge in [0.05, 0.1) is 12.7 Å². The molecule has 14 heavy (non-hydrogen) atoms. The molecule has 0 fully saturated rings. The fraction of sp³-hybridized carbons (Fsp3) is 0.222. The molecule has 72 valence electrons. The van der Waals surface area contributed by atoms with Crippen molar-refractivity contribution in [2.45, 2.75) is 0 Å². The molecule has 0 aliphatic carbocycles. The molecule has 0 radical (unpaired) electrons. The normalized spacial score (nSPS) is 9.21. The molecule has 1 heterocycles. The summed E-state index contributed by atoms with van der Waals surface area (Å²) in [7, 11) is 2.67. The number of carbonyl (C=O) groups is 1. The molecular formula is C9H8N2O3. The lowest BCUT2D eigenvalue weighted by atomic mass is 10.2. The number of methoxy groups -OCH3 is 1. The van der Waals surface area contributed by atoms with Gasteiger partial charge < -0.3 is 9.30 Å². The maximum atomic E-state index is 11.2. The number of aromatic nitrogens is 1. The number of rotatable bonds is 1. The number of carbonyl (C=O) groups excluding carboxylic acids is 1. The number of esters is 1. The minimum atomic E-state index is -0.626. The molecule has 0 saturated carbocycles. The Morgan fingerprint density at radius 1 is 1.57 bits per heavy atom. The highest BCUT2D eigenvalue weighted by Crippen LogP contribution is 2.01. The Labute approximate surface area is 80.1 Å². The third kappa shape index (κ3) is 1.64. The maximum absolute atomic E-state index is 11.2. The van der Waals surface area contributed by atoms with E-state index in [-0.39, 0.29) is 11.3 Å². The summed E-state index contributed by atoms with van der Waals surface area (Å²) in [6, 6.07) is 4.25. The van der Waals surface area contributed by atoms with Crippen molar-refractivity contribution in [1.29, 1.82) is 5.26 Å². The molecule has 0 aliphatic heterocycles. The number of nitrogens with zero attached hydrogens (tertiary/aromatic N) is 2. The summed E-state index contributed by atoms with van der Waals surface area (Å²) < 4.78 is 5.59. The fourth-order valence-corrected chi connectivity index (χ4v) is 0.977. The molecule has 5 nitrogen and oxygen atoms in total. The number of hydrogen-bond donors (Lipinski definition) is 0. The van der Waals surface area contributed by atoms with E-state index in [1.807, 2.05) is 6.07 Å². The average Bonchev–Trinajstić information content (AvgIpc) is 2.20. The number of nitriles is 1. The first-order chi connectivity index (χ1) is 6.60. The van der Waals surface area contributed by atoms with Crippen LogP contribution < -0.4 is 5.56 Å². The van der Waals surface area contributed by atoms with Gasteiger partial charge in [-0.1, -0.05) is 0 Å². The predicted octanol–water partition coefficient (Wildman–Crippen LogP) is 0.0436. The second-order valence-corrected chi connectivity index (χ2v) is 2.63. The van der Waals surface area contributed by atoms with Gasteiger partial charge >= 0.3 is 5.97 Å². The van der Waals surface area contributed by atoms with Crippen LogP contribution in [-0.4, -0.2) is 17.6 Å². The van der Waals surface area contributed by atoms with Crippen molar-refractivity contribution in [1.82, 2.24) is 4.57 Å². The van der Waals surface area contributed by atoms with Crippen LogP contribution in [0.3, 0.4) is 0 Å². The van der Waals surface area contributed by atoms with Crippen molar-refractivity contribution < 1.29 is 9.53 Å². The van der Waals surface area contributed by atoms with Gasteiger partial charge in [-0.05, 0) is 6.07 Å². The van der Waals surface area contributed by atoms with Gasteiger partial charge in [0.25, 0.3) is 5.56 Å². The van der Waals surface area contributed by atoms with E-state index in [1.165, 1.54) is 20.2 Å². The Bertz CT molecular complexity index is 468. The van der Waals surface area contributed by atoms with Crippen molar-refractivity contribution >= 4 is 5.97 Å². The molecule has 0 saturated heterocycles. The van der Waals surface area contributed by atoms with Crippen LogP contribution in [0.5, 0.6) is 0 Å². The van der Waals surface area contributed by atoms with E-state index in [0.717, 1.165) is 10.6 Å². The van der Waals surface area contributed by atoms with Crippen LogP contribution >= 0.6 is 0 Å². The van der Waals surface area contributed by atoms with E-state index in [0.29, 0.717) is 0 Å². The number of ether oxygens (including phenoxy) is 1. The van der Waals surface area contributed by atoms with E-state index in [9.17, 15) is 9.59 Å². The Balaban J connectivity index is 3.39. The van der Waals surface area contributed by atoms with Crippen molar-refractivity contribution in [3.8, 4) is 6.07 Å². The molecule has 5 heteroatoms. The molecule has 1 aromatic rings. The van der Waals surface area contributed by atoms with Crippen LogP contribution in [0.25, 0.3) is 0 Å². The zero-order valence-electron chi connectivity index (χ0n) is 7.77. The van der Waals surface area contributed by atoms with E-state index >= 15 is 0 Å². The molecule has 0 aromatic carbocycles. The molecular weight excluding hydrogens is 184 g/mol. The van der Waals surface area contributed by atoms with E-state index in [4.69, 9.17) is 5.26 Å². The van der Waals surface area contributed by atoms with Gasteiger partial charge in [-0.25, -0.2) is 4.79 Å². The van der Waals surface area contributed by atoms with Crippen LogP contribution in [0.1, 0.15) is 16.1 Å². The summed E-state index contributed by atoms with van der Waals surface area (Å²) in [4.78, 5) is 22.3. The van der Waals surface area contributed by atoms with E-state index < -0.39 is 11.5 Å². The SMILES string of the molecule is COC(=O)c1cc(C#N)n(C)c(=O)c1. The first-order valence-corrected chi connectivity index (χ1v) is 3.79. The molecule has 0 unspecified atom stereocenters. The Morgan fingerprint density at radius 2 is 2.21 bits per heavy atom. The Morgan fingerprint density at radius 3 is 2.71 bits per heavy atom. The van der Waals surface area contributed by atoms with E-state index in [1.54, 1.807) is 0 Å². The third-order valence-electron chi connectivity index (χ3n) is 1.80. The maximum Gasteiger partial charge on any atom is 0.338 e. The molecule has 0 amide bonds. The van der Waals surface area contributed by atoms with Crippen molar-refractivity contribution in [2.75, 3.05) is 7.11 Å². The standard InChI is InChI=1S/C9H8N2O3/c1-11-7(5-10)3-6(4-8(11)12)9(13)14-2/h3-4H,1-2H3. The largest absolute Gasteiger partial charge is 0.465 e. The molecule has 1 rings (SSSR count). The summed E-state index contributed by atoms with van der Waals surface area (Å²) in [6.07, 6.45) is 0. The Hall–Kier alpha value is -2.09. The van der Waals surface area contributed by atoms with Crippen molar-refractivity contribution in [3.63, 3.8) is 0 Å². The first-order valence-electron chi connectivity index (χ1n) is 3.79. The van der Waals surface area contributed by atoms with Gasteiger partial charge in [-0.3, -0.25) is 4.79 Å². The smallest absolute Gasteiger partial charge is 0.338 e. The molecule has 0 N–H and O–H groups in total. The van der Waals surface area contributed by atoms with Gasteiger partial charge in [-0.15, -0.1) is 0 Å². The zero-order chi connectivity index (χ0) is 10.7. The summed E-state index contributed by atoms with van der Waals surface area (Å²) in [6.45, 7) is 0. The average molecular weight is 192 g/mol. The fourth-order valence-electron chi connectivity index (χ4n) is 0.977. The lowest BCUT2D eigenvalue weighted by Gasteiger charge is -2.02. The van der Waals surface area contributed by atoms with Crippen LogP contribution in [0.2, 0.25) is 0 Å². The zero-order valence-corrected chi connectivity index (χ0v) is 7.77. The second-order valence-electron chi connectivity index (χ2n) is 2.63. The van der Waals surface area contributed by atoms with Crippen LogP contribution in [-0.2, 0) is 11.8 Å². The minimum Gasteiger partial charge on any atom is -0.465 e. The molecule has 0 bridgehead atoms. The lowest BCUT2D eigenvalue weighted by molar-refractivity contribution is 0.0600. The van der Waals surface area contributed by atoms with Crippen LogP contribution in [0.15, 0.2) is 16.9 Å². The molecule has 0 aliphatic rings. The van der Waals surface area contributed by atoms with Crippen molar-refractivity contribution in [3.05, 3.63) is 33.7 Å². The molecule has 0 atom stereocenters. The van der Waals surface area contributed by atoms with Gasteiger partial charge in [0, 0.05) is 13.1 Å². The first kappa shape index (κ1) is 9.99. The molecule has 1 aromatic heterocycles. The highest BCUT2D eigenvalue weighted by molar-refractivity contribution is 5.89. The topological polar surface area (TPSA) is 72.1 Å². The Kier molecular flexibility index (Phi) is 2.67. The van der Waals surface area contributed by atoms with Crippen molar-refractivity contribution in [2.24, 2.45) is 7.05 Å². The third-order valence-corrected chi connectivity index (χ3v) is 1.80. The monoisotopic (exact) mass is 192 g/mol. The summed E-state index contributed by atoms with van der Waals surface area (Å²) >= 11 is 0. The molecule has 0 spiro atoms. The second kappa shape index (κ2) is 3.75. The van der Waals surface area contributed by atoms with Gasteiger partial charge in [-0.2, -0.15) is 5.26 Å². The van der Waals surface area contributed by atoms with E-state index in [2.05, 4.69) is 4.74 Å². The predicted molar refractivity (Wildman–Crippen MR) is 47.7 cm³/mol. The quantitative estimate of drug-likeness (QED) is 0.589. The minimum absolute atomic E-state index is 0.0900.